The van der Waals surface area contributed by atoms with E-state index in [9.17, 15) is 4.79 Å². The van der Waals surface area contributed by atoms with Gasteiger partial charge >= 0.3 is 0 Å². The number of ether oxygens (including phenoxy) is 2. The number of hydrogen-bond donors (Lipinski definition) is 1. The van der Waals surface area contributed by atoms with Crippen LogP contribution in [0.1, 0.15) is 23.6 Å². The van der Waals surface area contributed by atoms with Crippen molar-refractivity contribution in [3.63, 3.8) is 0 Å². The second kappa shape index (κ2) is 10.7. The Labute approximate surface area is 171 Å². The molecule has 0 spiro atoms. The third kappa shape index (κ3) is 6.50. The van der Waals surface area contributed by atoms with E-state index in [4.69, 9.17) is 9.47 Å². The molecule has 0 aliphatic carbocycles. The SMILES string of the molecule is CCc1cccc(OCC(=O)N/N=C/c2ccccc2OCc2ccccc2)c1. The molecule has 0 saturated heterocycles. The zero-order valence-electron chi connectivity index (χ0n) is 16.4. The predicted molar refractivity (Wildman–Crippen MR) is 114 cm³/mol. The summed E-state index contributed by atoms with van der Waals surface area (Å²) in [4.78, 5) is 12.0. The van der Waals surface area contributed by atoms with Gasteiger partial charge in [0.05, 0.1) is 6.21 Å². The zero-order valence-corrected chi connectivity index (χ0v) is 16.4. The summed E-state index contributed by atoms with van der Waals surface area (Å²) in [5.74, 6) is 1.04. The van der Waals surface area contributed by atoms with Crippen LogP contribution in [0.15, 0.2) is 84.0 Å². The summed E-state index contributed by atoms with van der Waals surface area (Å²) in [6.45, 7) is 2.43. The number of hydrazone groups is 1. The van der Waals surface area contributed by atoms with E-state index in [1.807, 2.05) is 78.9 Å². The number of nitrogens with one attached hydrogen (secondary N) is 1. The quantitative estimate of drug-likeness (QED) is 0.438. The van der Waals surface area contributed by atoms with Gasteiger partial charge in [-0.1, -0.05) is 61.5 Å². The predicted octanol–water partition coefficient (Wildman–Crippen LogP) is 4.36. The van der Waals surface area contributed by atoms with E-state index < -0.39 is 0 Å². The van der Waals surface area contributed by atoms with Crippen molar-refractivity contribution in [1.82, 2.24) is 5.43 Å². The average Bonchev–Trinajstić information content (AvgIpc) is 2.78. The first-order chi connectivity index (χ1) is 14.2. The Bertz CT molecular complexity index is 955. The van der Waals surface area contributed by atoms with Gasteiger partial charge in [0.15, 0.2) is 6.61 Å². The second-order valence-electron chi connectivity index (χ2n) is 6.39. The van der Waals surface area contributed by atoms with Crippen molar-refractivity contribution in [2.24, 2.45) is 5.10 Å². The molecule has 3 aromatic rings. The molecule has 0 bridgehead atoms. The molecule has 0 heterocycles. The van der Waals surface area contributed by atoms with Crippen LogP contribution in [0.25, 0.3) is 0 Å². The number of hydrogen-bond acceptors (Lipinski definition) is 4. The van der Waals surface area contributed by atoms with Crippen LogP contribution in [-0.2, 0) is 17.8 Å². The summed E-state index contributed by atoms with van der Waals surface area (Å²) in [7, 11) is 0. The number of para-hydroxylation sites is 1. The van der Waals surface area contributed by atoms with Crippen LogP contribution in [-0.4, -0.2) is 18.7 Å². The number of rotatable bonds is 9. The molecule has 29 heavy (non-hydrogen) atoms. The number of nitrogens with zero attached hydrogens (tertiary/aromatic N) is 1. The topological polar surface area (TPSA) is 59.9 Å². The van der Waals surface area contributed by atoms with Gasteiger partial charge in [0.2, 0.25) is 0 Å². The standard InChI is InChI=1S/C24H24N2O3/c1-2-19-11-8-13-22(15-19)28-18-24(27)26-25-16-21-12-6-7-14-23(21)29-17-20-9-4-3-5-10-20/h3-16H,2,17-18H2,1H3,(H,26,27)/b25-16+. The normalized spacial score (nSPS) is 10.7. The van der Waals surface area contributed by atoms with Crippen LogP contribution in [0.5, 0.6) is 11.5 Å². The van der Waals surface area contributed by atoms with E-state index in [0.717, 1.165) is 23.1 Å². The van der Waals surface area contributed by atoms with Gasteiger partial charge in [0, 0.05) is 5.56 Å². The van der Waals surface area contributed by atoms with E-state index >= 15 is 0 Å². The van der Waals surface area contributed by atoms with Crippen LogP contribution in [0.3, 0.4) is 0 Å². The molecule has 148 valence electrons. The Hall–Kier alpha value is -3.60. The highest BCUT2D eigenvalue weighted by Crippen LogP contribution is 2.17. The first-order valence-electron chi connectivity index (χ1n) is 9.54. The van der Waals surface area contributed by atoms with Gasteiger partial charge in [-0.15, -0.1) is 0 Å². The molecule has 3 aromatic carbocycles. The average molecular weight is 388 g/mol. The molecular weight excluding hydrogens is 364 g/mol. The lowest BCUT2D eigenvalue weighted by molar-refractivity contribution is -0.123. The van der Waals surface area contributed by atoms with E-state index in [1.165, 1.54) is 0 Å². The Morgan fingerprint density at radius 2 is 1.69 bits per heavy atom. The third-order valence-corrected chi connectivity index (χ3v) is 4.23. The van der Waals surface area contributed by atoms with E-state index in [2.05, 4.69) is 17.5 Å². The molecule has 0 aliphatic heterocycles. The van der Waals surface area contributed by atoms with Crippen molar-refractivity contribution in [3.8, 4) is 11.5 Å². The van der Waals surface area contributed by atoms with E-state index in [-0.39, 0.29) is 12.5 Å². The minimum atomic E-state index is -0.328. The summed E-state index contributed by atoms with van der Waals surface area (Å²) in [6.07, 6.45) is 2.48. The molecule has 5 heteroatoms. The van der Waals surface area contributed by atoms with Gasteiger partial charge in [-0.2, -0.15) is 5.10 Å². The Morgan fingerprint density at radius 1 is 0.931 bits per heavy atom. The van der Waals surface area contributed by atoms with Crippen LogP contribution >= 0.6 is 0 Å². The number of amides is 1. The van der Waals surface area contributed by atoms with Crippen molar-refractivity contribution in [2.45, 2.75) is 20.0 Å². The molecule has 0 atom stereocenters. The fraction of sp³-hybridized carbons (Fsp3) is 0.167. The third-order valence-electron chi connectivity index (χ3n) is 4.23. The number of aryl methyl sites for hydroxylation is 1. The number of carbonyl (C=O) groups is 1. The van der Waals surface area contributed by atoms with E-state index in [1.54, 1.807) is 6.21 Å². The van der Waals surface area contributed by atoms with Crippen LogP contribution < -0.4 is 14.9 Å². The molecule has 0 saturated carbocycles. The van der Waals surface area contributed by atoms with Gasteiger partial charge in [-0.25, -0.2) is 5.43 Å². The van der Waals surface area contributed by atoms with Gasteiger partial charge in [-0.3, -0.25) is 4.79 Å². The van der Waals surface area contributed by atoms with Crippen molar-refractivity contribution < 1.29 is 14.3 Å². The van der Waals surface area contributed by atoms with Gasteiger partial charge < -0.3 is 9.47 Å². The lowest BCUT2D eigenvalue weighted by atomic mass is 10.2. The first kappa shape index (κ1) is 20.1. The maximum Gasteiger partial charge on any atom is 0.277 e. The fourth-order valence-corrected chi connectivity index (χ4v) is 2.66. The van der Waals surface area contributed by atoms with Crippen molar-refractivity contribution in [1.29, 1.82) is 0 Å². The molecule has 1 amide bonds. The first-order valence-corrected chi connectivity index (χ1v) is 9.54. The maximum absolute atomic E-state index is 12.0. The highest BCUT2D eigenvalue weighted by molar-refractivity contribution is 5.85. The largest absolute Gasteiger partial charge is 0.488 e. The monoisotopic (exact) mass is 388 g/mol. The smallest absolute Gasteiger partial charge is 0.277 e. The minimum absolute atomic E-state index is 0.101. The summed E-state index contributed by atoms with van der Waals surface area (Å²) in [5, 5.41) is 4.02. The Morgan fingerprint density at radius 3 is 2.52 bits per heavy atom. The fourth-order valence-electron chi connectivity index (χ4n) is 2.66. The molecule has 0 fully saturated rings. The minimum Gasteiger partial charge on any atom is -0.488 e. The molecule has 0 aromatic heterocycles. The summed E-state index contributed by atoms with van der Waals surface area (Å²) in [5.41, 5.74) is 5.50. The molecule has 3 rings (SSSR count). The van der Waals surface area contributed by atoms with Gasteiger partial charge in [0.1, 0.15) is 18.1 Å². The van der Waals surface area contributed by atoms with Crippen LogP contribution in [0.2, 0.25) is 0 Å². The lowest BCUT2D eigenvalue weighted by Gasteiger charge is -2.09. The highest BCUT2D eigenvalue weighted by atomic mass is 16.5. The molecule has 0 aliphatic rings. The van der Waals surface area contributed by atoms with Crippen LogP contribution in [0, 0.1) is 0 Å². The Kier molecular flexibility index (Phi) is 7.41. The maximum atomic E-state index is 12.0. The summed E-state index contributed by atoms with van der Waals surface area (Å²) < 4.78 is 11.4. The van der Waals surface area contributed by atoms with Crippen LogP contribution in [0.4, 0.5) is 0 Å². The summed E-state index contributed by atoms with van der Waals surface area (Å²) >= 11 is 0. The molecule has 1 N–H and O–H groups in total. The molecule has 0 unspecified atom stereocenters. The highest BCUT2D eigenvalue weighted by Gasteiger charge is 2.04. The molecule has 0 radical (unpaired) electrons. The molecule has 5 nitrogen and oxygen atoms in total. The van der Waals surface area contributed by atoms with Gasteiger partial charge in [-0.05, 0) is 41.8 Å². The van der Waals surface area contributed by atoms with Gasteiger partial charge in [0.25, 0.3) is 5.91 Å². The number of benzene rings is 3. The Balaban J connectivity index is 1.51. The van der Waals surface area contributed by atoms with E-state index in [0.29, 0.717) is 18.1 Å². The summed E-state index contributed by atoms with van der Waals surface area (Å²) in [6, 6.07) is 25.2. The zero-order chi connectivity index (χ0) is 20.3. The number of carbonyl (C=O) groups excluding carboxylic acids is 1. The second-order valence-corrected chi connectivity index (χ2v) is 6.39. The molecular formula is C24H24N2O3. The van der Waals surface area contributed by atoms with Crippen molar-refractivity contribution in [3.05, 3.63) is 95.6 Å². The lowest BCUT2D eigenvalue weighted by Crippen LogP contribution is -2.24. The van der Waals surface area contributed by atoms with Crippen molar-refractivity contribution in [2.75, 3.05) is 6.61 Å². The van der Waals surface area contributed by atoms with Crippen molar-refractivity contribution >= 4 is 12.1 Å².